The van der Waals surface area contributed by atoms with E-state index in [0.29, 0.717) is 0 Å². The van der Waals surface area contributed by atoms with Crippen molar-refractivity contribution < 1.29 is 0 Å². The highest BCUT2D eigenvalue weighted by Gasteiger charge is 2.20. The molecular weight excluding hydrogens is 196 g/mol. The van der Waals surface area contributed by atoms with Crippen LogP contribution in [0.2, 0.25) is 0 Å². The van der Waals surface area contributed by atoms with Crippen LogP contribution in [0.1, 0.15) is 58.8 Å². The minimum absolute atomic E-state index is 0.769. The number of likely N-dealkylation sites (tertiary alicyclic amines) is 1. The molecule has 1 fully saturated rings. The third-order valence-corrected chi connectivity index (χ3v) is 3.59. The number of nitrogens with one attached hydrogen (secondary N) is 1. The fourth-order valence-corrected chi connectivity index (χ4v) is 2.61. The first kappa shape index (κ1) is 14.0. The Morgan fingerprint density at radius 1 is 1.06 bits per heavy atom. The van der Waals surface area contributed by atoms with Gasteiger partial charge in [0.05, 0.1) is 0 Å². The lowest BCUT2D eigenvalue weighted by Crippen LogP contribution is -2.32. The summed E-state index contributed by atoms with van der Waals surface area (Å²) in [4.78, 5) is 2.63. The zero-order valence-electron chi connectivity index (χ0n) is 11.3. The molecule has 96 valence electrons. The molecule has 1 saturated heterocycles. The second kappa shape index (κ2) is 9.00. The summed E-state index contributed by atoms with van der Waals surface area (Å²) in [5.41, 5.74) is 0. The van der Waals surface area contributed by atoms with E-state index in [4.69, 9.17) is 0 Å². The number of nitrogens with zero attached hydrogens (tertiary/aromatic N) is 1. The van der Waals surface area contributed by atoms with E-state index < -0.39 is 0 Å². The molecule has 16 heavy (non-hydrogen) atoms. The van der Waals surface area contributed by atoms with Crippen molar-refractivity contribution in [3.63, 3.8) is 0 Å². The number of likely N-dealkylation sites (N-methyl/N-ethyl adjacent to an activating group) is 1. The molecule has 0 aromatic heterocycles. The zero-order valence-corrected chi connectivity index (χ0v) is 11.3. The molecule has 1 unspecified atom stereocenters. The van der Waals surface area contributed by atoms with Gasteiger partial charge in [-0.2, -0.15) is 0 Å². The van der Waals surface area contributed by atoms with Crippen LogP contribution in [0, 0.1) is 0 Å². The molecule has 1 N–H and O–H groups in total. The van der Waals surface area contributed by atoms with Gasteiger partial charge < -0.3 is 10.2 Å². The fourth-order valence-electron chi connectivity index (χ4n) is 2.61. The van der Waals surface area contributed by atoms with E-state index in [1.807, 2.05) is 0 Å². The first-order valence-corrected chi connectivity index (χ1v) is 7.32. The summed E-state index contributed by atoms with van der Waals surface area (Å²) in [6.45, 7) is 9.53. The molecule has 1 aliphatic rings. The average Bonchev–Trinajstić information content (AvgIpc) is 2.72. The third kappa shape index (κ3) is 5.86. The Bertz CT molecular complexity index is 159. The molecule has 0 aromatic rings. The Kier molecular flexibility index (Phi) is 7.87. The van der Waals surface area contributed by atoms with E-state index in [9.17, 15) is 0 Å². The predicted molar refractivity (Wildman–Crippen MR) is 71.9 cm³/mol. The predicted octanol–water partition coefficient (Wildman–Crippen LogP) is 3.03. The highest BCUT2D eigenvalue weighted by molar-refractivity contribution is 4.80. The Hall–Kier alpha value is -0.0800. The summed E-state index contributed by atoms with van der Waals surface area (Å²) in [5.74, 6) is 0. The maximum absolute atomic E-state index is 3.55. The molecule has 0 aromatic carbocycles. The van der Waals surface area contributed by atoms with Crippen LogP contribution in [-0.2, 0) is 0 Å². The van der Waals surface area contributed by atoms with Gasteiger partial charge >= 0.3 is 0 Å². The standard InChI is InChI=1S/C14H30N2/c1-3-5-6-7-8-9-11-16-12-10-14(13-16)15-4-2/h14-15H,3-13H2,1-2H3. The topological polar surface area (TPSA) is 15.3 Å². The van der Waals surface area contributed by atoms with Gasteiger partial charge in [-0.3, -0.25) is 0 Å². The third-order valence-electron chi connectivity index (χ3n) is 3.59. The lowest BCUT2D eigenvalue weighted by Gasteiger charge is -2.16. The van der Waals surface area contributed by atoms with Crippen LogP contribution >= 0.6 is 0 Å². The largest absolute Gasteiger partial charge is 0.313 e. The van der Waals surface area contributed by atoms with Gasteiger partial charge in [0.2, 0.25) is 0 Å². The SMILES string of the molecule is CCCCCCCCN1CCC(NCC)C1. The first-order valence-electron chi connectivity index (χ1n) is 7.32. The van der Waals surface area contributed by atoms with Crippen LogP contribution in [0.25, 0.3) is 0 Å². The number of unbranched alkanes of at least 4 members (excludes halogenated alkanes) is 5. The molecular formula is C14H30N2. The molecule has 0 aliphatic carbocycles. The van der Waals surface area contributed by atoms with Gasteiger partial charge in [-0.1, -0.05) is 46.0 Å². The van der Waals surface area contributed by atoms with Gasteiger partial charge in [0.25, 0.3) is 0 Å². The molecule has 2 heteroatoms. The van der Waals surface area contributed by atoms with E-state index in [0.717, 1.165) is 12.6 Å². The minimum Gasteiger partial charge on any atom is -0.313 e. The Balaban J connectivity index is 1.90. The van der Waals surface area contributed by atoms with E-state index in [1.54, 1.807) is 0 Å². The molecule has 0 spiro atoms. The zero-order chi connectivity index (χ0) is 11.6. The Morgan fingerprint density at radius 2 is 1.81 bits per heavy atom. The van der Waals surface area contributed by atoms with Gasteiger partial charge in [0.15, 0.2) is 0 Å². The van der Waals surface area contributed by atoms with Crippen molar-refractivity contribution in [3.8, 4) is 0 Å². The second-order valence-electron chi connectivity index (χ2n) is 5.11. The van der Waals surface area contributed by atoms with E-state index in [-0.39, 0.29) is 0 Å². The number of hydrogen-bond acceptors (Lipinski definition) is 2. The molecule has 2 nitrogen and oxygen atoms in total. The van der Waals surface area contributed by atoms with Crippen molar-refractivity contribution in [2.24, 2.45) is 0 Å². The molecule has 1 atom stereocenters. The van der Waals surface area contributed by atoms with Gasteiger partial charge in [-0.15, -0.1) is 0 Å². The Labute approximate surface area is 102 Å². The quantitative estimate of drug-likeness (QED) is 0.608. The molecule has 0 saturated carbocycles. The van der Waals surface area contributed by atoms with Crippen LogP contribution < -0.4 is 5.32 Å². The molecule has 1 rings (SSSR count). The van der Waals surface area contributed by atoms with E-state index in [1.165, 1.54) is 64.6 Å². The molecule has 1 heterocycles. The van der Waals surface area contributed by atoms with Crippen LogP contribution in [0.4, 0.5) is 0 Å². The fraction of sp³-hybridized carbons (Fsp3) is 1.00. The Morgan fingerprint density at radius 3 is 2.56 bits per heavy atom. The second-order valence-corrected chi connectivity index (χ2v) is 5.11. The lowest BCUT2D eigenvalue weighted by molar-refractivity contribution is 0.318. The van der Waals surface area contributed by atoms with Crippen LogP contribution in [0.5, 0.6) is 0 Å². The summed E-state index contributed by atoms with van der Waals surface area (Å²) < 4.78 is 0. The van der Waals surface area contributed by atoms with E-state index in [2.05, 4.69) is 24.1 Å². The maximum Gasteiger partial charge on any atom is 0.0207 e. The van der Waals surface area contributed by atoms with Crippen molar-refractivity contribution in [3.05, 3.63) is 0 Å². The van der Waals surface area contributed by atoms with Gasteiger partial charge in [0.1, 0.15) is 0 Å². The van der Waals surface area contributed by atoms with Crippen LogP contribution in [-0.4, -0.2) is 37.1 Å². The van der Waals surface area contributed by atoms with Crippen molar-refractivity contribution in [1.82, 2.24) is 10.2 Å². The van der Waals surface area contributed by atoms with Gasteiger partial charge in [0, 0.05) is 12.6 Å². The van der Waals surface area contributed by atoms with Gasteiger partial charge in [-0.25, -0.2) is 0 Å². The molecule has 0 radical (unpaired) electrons. The summed E-state index contributed by atoms with van der Waals surface area (Å²) in [6.07, 6.45) is 9.85. The van der Waals surface area contributed by atoms with Crippen molar-refractivity contribution in [2.75, 3.05) is 26.2 Å². The average molecular weight is 226 g/mol. The number of hydrogen-bond donors (Lipinski definition) is 1. The number of rotatable bonds is 9. The summed E-state index contributed by atoms with van der Waals surface area (Å²) in [7, 11) is 0. The van der Waals surface area contributed by atoms with Crippen molar-refractivity contribution in [1.29, 1.82) is 0 Å². The minimum atomic E-state index is 0.769. The van der Waals surface area contributed by atoms with Crippen LogP contribution in [0.15, 0.2) is 0 Å². The van der Waals surface area contributed by atoms with Gasteiger partial charge in [-0.05, 0) is 32.5 Å². The van der Waals surface area contributed by atoms with Crippen LogP contribution in [0.3, 0.4) is 0 Å². The highest BCUT2D eigenvalue weighted by atomic mass is 15.2. The normalized spacial score (nSPS) is 21.8. The monoisotopic (exact) mass is 226 g/mol. The summed E-state index contributed by atoms with van der Waals surface area (Å²) in [6, 6.07) is 0.769. The first-order chi connectivity index (χ1) is 7.86. The van der Waals surface area contributed by atoms with Crippen molar-refractivity contribution in [2.45, 2.75) is 64.8 Å². The molecule has 0 amide bonds. The smallest absolute Gasteiger partial charge is 0.0207 e. The van der Waals surface area contributed by atoms with E-state index >= 15 is 0 Å². The maximum atomic E-state index is 3.55. The molecule has 1 aliphatic heterocycles. The summed E-state index contributed by atoms with van der Waals surface area (Å²) >= 11 is 0. The highest BCUT2D eigenvalue weighted by Crippen LogP contribution is 2.11. The summed E-state index contributed by atoms with van der Waals surface area (Å²) in [5, 5.41) is 3.55. The lowest BCUT2D eigenvalue weighted by atomic mass is 10.1. The van der Waals surface area contributed by atoms with Crippen molar-refractivity contribution >= 4 is 0 Å². The molecule has 0 bridgehead atoms.